The molecule has 0 aliphatic carbocycles. The van der Waals surface area contributed by atoms with E-state index >= 15 is 0 Å². The Balaban J connectivity index is 1.67. The van der Waals surface area contributed by atoms with Crippen LogP contribution in [-0.2, 0) is 29.3 Å². The molecule has 3 rings (SSSR count). The minimum absolute atomic E-state index is 0.107. The highest BCUT2D eigenvalue weighted by Gasteiger charge is 2.35. The number of hydrogen-bond donors (Lipinski definition) is 3. The van der Waals surface area contributed by atoms with Gasteiger partial charge in [-0.25, -0.2) is 22.6 Å². The lowest BCUT2D eigenvalue weighted by Gasteiger charge is -2.11. The maximum Gasteiger partial charge on any atom is 0.435 e. The van der Waals surface area contributed by atoms with Gasteiger partial charge in [0.05, 0.1) is 24.2 Å². The quantitative estimate of drug-likeness (QED) is 0.480. The van der Waals surface area contributed by atoms with E-state index in [1.165, 1.54) is 0 Å². The van der Waals surface area contributed by atoms with Crippen molar-refractivity contribution in [2.45, 2.75) is 26.2 Å². The second-order valence-corrected chi connectivity index (χ2v) is 9.20. The van der Waals surface area contributed by atoms with Crippen LogP contribution in [-0.4, -0.2) is 30.5 Å². The molecule has 3 N–H and O–H groups in total. The number of alkyl halides is 3. The van der Waals surface area contributed by atoms with Crippen LogP contribution < -0.4 is 15.4 Å². The van der Waals surface area contributed by atoms with Crippen molar-refractivity contribution in [3.05, 3.63) is 77.1 Å². The molecule has 0 unspecified atom stereocenters. The Morgan fingerprint density at radius 3 is 2.24 bits per heavy atom. The maximum absolute atomic E-state index is 13.2. The number of amides is 2. The van der Waals surface area contributed by atoms with Crippen LogP contribution in [0.15, 0.2) is 54.6 Å². The smallest absolute Gasteiger partial charge is 0.332 e. The monoisotopic (exact) mass is 481 g/mol. The van der Waals surface area contributed by atoms with Gasteiger partial charge in [0, 0.05) is 12.2 Å². The van der Waals surface area contributed by atoms with E-state index in [4.69, 9.17) is 0 Å². The lowest BCUT2D eigenvalue weighted by atomic mass is 10.2. The molecule has 0 radical (unpaired) electrons. The number of carbonyl (C=O) groups is 1. The molecule has 3 aromatic rings. The summed E-state index contributed by atoms with van der Waals surface area (Å²) in [5.41, 5.74) is 1.60. The number of nitrogens with one attached hydrogen (secondary N) is 3. The molecule has 176 valence electrons. The summed E-state index contributed by atoms with van der Waals surface area (Å²) >= 11 is 0. The van der Waals surface area contributed by atoms with Crippen molar-refractivity contribution in [2.75, 3.05) is 11.6 Å². The molecule has 0 aliphatic heterocycles. The van der Waals surface area contributed by atoms with E-state index in [-0.39, 0.29) is 18.8 Å². The van der Waals surface area contributed by atoms with Crippen LogP contribution in [0, 0.1) is 6.92 Å². The fourth-order valence-electron chi connectivity index (χ4n) is 2.86. The molecule has 2 amide bonds. The SMILES string of the molecule is Cc1ccc(-n2nc(C(F)(F)F)cc2CNC(=O)Nc2ccc(CNS(C)(=O)=O)cc2)cc1. The van der Waals surface area contributed by atoms with Crippen molar-refractivity contribution in [1.82, 2.24) is 19.8 Å². The number of rotatable bonds is 7. The first-order valence-electron chi connectivity index (χ1n) is 9.72. The van der Waals surface area contributed by atoms with Gasteiger partial charge in [-0.15, -0.1) is 0 Å². The van der Waals surface area contributed by atoms with Crippen LogP contribution in [0.1, 0.15) is 22.5 Å². The molecule has 8 nitrogen and oxygen atoms in total. The second kappa shape index (κ2) is 9.63. The van der Waals surface area contributed by atoms with Crippen molar-refractivity contribution in [2.24, 2.45) is 0 Å². The van der Waals surface area contributed by atoms with Gasteiger partial charge in [-0.2, -0.15) is 18.3 Å². The predicted molar refractivity (Wildman–Crippen MR) is 117 cm³/mol. The average Bonchev–Trinajstić information content (AvgIpc) is 3.17. The minimum Gasteiger partial charge on any atom is -0.332 e. The zero-order valence-electron chi connectivity index (χ0n) is 17.8. The van der Waals surface area contributed by atoms with E-state index < -0.39 is 27.9 Å². The molecule has 0 fully saturated rings. The highest BCUT2D eigenvalue weighted by molar-refractivity contribution is 7.88. The lowest BCUT2D eigenvalue weighted by molar-refractivity contribution is -0.141. The number of sulfonamides is 1. The highest BCUT2D eigenvalue weighted by atomic mass is 32.2. The van der Waals surface area contributed by atoms with Gasteiger partial charge in [0.2, 0.25) is 10.0 Å². The van der Waals surface area contributed by atoms with E-state index in [1.807, 2.05) is 6.92 Å². The van der Waals surface area contributed by atoms with E-state index in [9.17, 15) is 26.4 Å². The fraction of sp³-hybridized carbons (Fsp3) is 0.238. The van der Waals surface area contributed by atoms with Crippen molar-refractivity contribution >= 4 is 21.7 Å². The third-order valence-electron chi connectivity index (χ3n) is 4.53. The second-order valence-electron chi connectivity index (χ2n) is 7.36. The number of hydrogen-bond acceptors (Lipinski definition) is 4. The summed E-state index contributed by atoms with van der Waals surface area (Å²) in [6.45, 7) is 1.77. The summed E-state index contributed by atoms with van der Waals surface area (Å²) in [7, 11) is -3.33. The number of halogens is 3. The van der Waals surface area contributed by atoms with Crippen molar-refractivity contribution < 1.29 is 26.4 Å². The number of benzene rings is 2. The Morgan fingerprint density at radius 2 is 1.67 bits per heavy atom. The van der Waals surface area contributed by atoms with Crippen LogP contribution >= 0.6 is 0 Å². The first-order valence-corrected chi connectivity index (χ1v) is 11.6. The number of anilines is 1. The Labute approximate surface area is 188 Å². The summed E-state index contributed by atoms with van der Waals surface area (Å²) in [5.74, 6) is 0. The van der Waals surface area contributed by atoms with E-state index in [0.29, 0.717) is 16.9 Å². The Morgan fingerprint density at radius 1 is 1.03 bits per heavy atom. The molecule has 33 heavy (non-hydrogen) atoms. The van der Waals surface area contributed by atoms with Crippen molar-refractivity contribution in [3.63, 3.8) is 0 Å². The zero-order valence-corrected chi connectivity index (χ0v) is 18.6. The van der Waals surface area contributed by atoms with Gasteiger partial charge in [0.15, 0.2) is 5.69 Å². The standard InChI is InChI=1S/C21H22F3N5O3S/c1-14-3-9-17(10-4-14)29-18(11-19(28-29)21(22,23)24)13-25-20(30)27-16-7-5-15(6-8-16)12-26-33(2,31)32/h3-11,26H,12-13H2,1-2H3,(H2,25,27,30). The summed E-state index contributed by atoms with van der Waals surface area (Å²) in [6, 6.07) is 13.5. The van der Waals surface area contributed by atoms with Crippen LogP contribution in [0.4, 0.5) is 23.7 Å². The number of urea groups is 1. The highest BCUT2D eigenvalue weighted by Crippen LogP contribution is 2.29. The van der Waals surface area contributed by atoms with Gasteiger partial charge in [0.25, 0.3) is 0 Å². The fourth-order valence-corrected chi connectivity index (χ4v) is 3.29. The topological polar surface area (TPSA) is 105 Å². The third kappa shape index (κ3) is 7.05. The molecule has 0 saturated carbocycles. The third-order valence-corrected chi connectivity index (χ3v) is 5.20. The first kappa shape index (κ1) is 24.3. The average molecular weight is 482 g/mol. The van der Waals surface area contributed by atoms with E-state index in [2.05, 4.69) is 20.5 Å². The van der Waals surface area contributed by atoms with Crippen LogP contribution in [0.2, 0.25) is 0 Å². The Bertz CT molecular complexity index is 1220. The molecule has 0 atom stereocenters. The van der Waals surface area contributed by atoms with E-state index in [1.54, 1.807) is 48.5 Å². The molecular formula is C21H22F3N5O3S. The summed E-state index contributed by atoms with van der Waals surface area (Å²) < 4.78 is 65.4. The van der Waals surface area contributed by atoms with Gasteiger partial charge in [0.1, 0.15) is 0 Å². The molecule has 1 aromatic heterocycles. The largest absolute Gasteiger partial charge is 0.435 e. The Hall–Kier alpha value is -3.38. The van der Waals surface area contributed by atoms with Gasteiger partial charge in [-0.1, -0.05) is 29.8 Å². The lowest BCUT2D eigenvalue weighted by Crippen LogP contribution is -2.29. The molecule has 1 heterocycles. The molecule has 0 saturated heterocycles. The maximum atomic E-state index is 13.2. The molecule has 2 aromatic carbocycles. The number of aryl methyl sites for hydroxylation is 1. The molecular weight excluding hydrogens is 459 g/mol. The Kier molecular flexibility index (Phi) is 7.08. The van der Waals surface area contributed by atoms with Crippen LogP contribution in [0.5, 0.6) is 0 Å². The molecule has 0 aliphatic rings. The van der Waals surface area contributed by atoms with Gasteiger partial charge in [-0.3, -0.25) is 0 Å². The van der Waals surface area contributed by atoms with Crippen LogP contribution in [0.3, 0.4) is 0 Å². The minimum atomic E-state index is -4.62. The van der Waals surface area contributed by atoms with Gasteiger partial charge < -0.3 is 10.6 Å². The summed E-state index contributed by atoms with van der Waals surface area (Å²) in [4.78, 5) is 12.3. The zero-order chi connectivity index (χ0) is 24.2. The molecule has 0 spiro atoms. The predicted octanol–water partition coefficient (Wildman–Crippen LogP) is 3.57. The summed E-state index contributed by atoms with van der Waals surface area (Å²) in [5, 5.41) is 8.76. The van der Waals surface area contributed by atoms with Crippen molar-refractivity contribution in [1.29, 1.82) is 0 Å². The number of aromatic nitrogens is 2. The molecule has 0 bridgehead atoms. The summed E-state index contributed by atoms with van der Waals surface area (Å²) in [6.07, 6.45) is -3.57. The normalized spacial score (nSPS) is 11.9. The van der Waals surface area contributed by atoms with E-state index in [0.717, 1.165) is 22.6 Å². The number of nitrogens with zero attached hydrogens (tertiary/aromatic N) is 2. The van der Waals surface area contributed by atoms with Gasteiger partial charge >= 0.3 is 12.2 Å². The number of carbonyl (C=O) groups excluding carboxylic acids is 1. The first-order chi connectivity index (χ1) is 15.4. The van der Waals surface area contributed by atoms with Crippen LogP contribution in [0.25, 0.3) is 5.69 Å². The van der Waals surface area contributed by atoms with Gasteiger partial charge in [-0.05, 0) is 42.8 Å². The van der Waals surface area contributed by atoms with Crippen molar-refractivity contribution in [3.8, 4) is 5.69 Å². The molecule has 12 heteroatoms.